The molecule has 1 rings (SSSR count). The number of urea groups is 1. The predicted molar refractivity (Wildman–Crippen MR) is 68.1 cm³/mol. The predicted octanol–water partition coefficient (Wildman–Crippen LogP) is 1.15. The van der Waals surface area contributed by atoms with Gasteiger partial charge < -0.3 is 15.7 Å². The lowest BCUT2D eigenvalue weighted by atomic mass is 10.2. The summed E-state index contributed by atoms with van der Waals surface area (Å²) in [7, 11) is 0. The zero-order chi connectivity index (χ0) is 12.5. The van der Waals surface area contributed by atoms with Crippen LogP contribution in [-0.2, 0) is 6.42 Å². The van der Waals surface area contributed by atoms with Gasteiger partial charge in [0.05, 0.1) is 11.2 Å². The van der Waals surface area contributed by atoms with E-state index in [1.54, 1.807) is 16.8 Å². The number of carbonyl (C=O) groups is 1. The molecule has 0 fully saturated rings. The minimum atomic E-state index is -0.161. The van der Waals surface area contributed by atoms with Crippen LogP contribution in [0.25, 0.3) is 0 Å². The van der Waals surface area contributed by atoms with Crippen molar-refractivity contribution >= 4 is 17.4 Å². The van der Waals surface area contributed by atoms with E-state index in [9.17, 15) is 4.79 Å². The molecule has 1 atom stereocenters. The van der Waals surface area contributed by atoms with Gasteiger partial charge in [-0.2, -0.15) is 0 Å². The molecular weight excluding hydrogens is 238 g/mol. The van der Waals surface area contributed by atoms with Crippen LogP contribution in [0.5, 0.6) is 0 Å². The third-order valence-corrected chi connectivity index (χ3v) is 2.96. The Morgan fingerprint density at radius 1 is 1.65 bits per heavy atom. The van der Waals surface area contributed by atoms with Crippen molar-refractivity contribution in [1.82, 2.24) is 15.6 Å². The molecule has 0 aliphatic heterocycles. The molecule has 6 heteroatoms. The van der Waals surface area contributed by atoms with E-state index in [4.69, 9.17) is 5.11 Å². The molecule has 0 aliphatic carbocycles. The maximum absolute atomic E-state index is 11.4. The molecule has 17 heavy (non-hydrogen) atoms. The van der Waals surface area contributed by atoms with Crippen LogP contribution in [-0.4, -0.2) is 35.3 Å². The van der Waals surface area contributed by atoms with E-state index in [0.29, 0.717) is 13.0 Å². The largest absolute Gasteiger partial charge is 0.396 e. The SMILES string of the molecule is CC(CCCO)NC(=O)NCCc1cscn1. The molecule has 0 bridgehead atoms. The maximum atomic E-state index is 11.4. The minimum Gasteiger partial charge on any atom is -0.396 e. The lowest BCUT2D eigenvalue weighted by Crippen LogP contribution is -2.41. The van der Waals surface area contributed by atoms with Gasteiger partial charge in [0.15, 0.2) is 0 Å². The molecule has 0 aliphatic rings. The molecule has 2 amide bonds. The highest BCUT2D eigenvalue weighted by Gasteiger charge is 2.06. The van der Waals surface area contributed by atoms with Crippen molar-refractivity contribution in [2.24, 2.45) is 0 Å². The Balaban J connectivity index is 2.08. The highest BCUT2D eigenvalue weighted by atomic mass is 32.1. The van der Waals surface area contributed by atoms with E-state index < -0.39 is 0 Å². The van der Waals surface area contributed by atoms with Gasteiger partial charge in [-0.1, -0.05) is 0 Å². The highest BCUT2D eigenvalue weighted by Crippen LogP contribution is 2.00. The van der Waals surface area contributed by atoms with Gasteiger partial charge in [-0.15, -0.1) is 11.3 Å². The minimum absolute atomic E-state index is 0.0847. The van der Waals surface area contributed by atoms with Gasteiger partial charge in [-0.05, 0) is 19.8 Å². The lowest BCUT2D eigenvalue weighted by Gasteiger charge is -2.13. The normalized spacial score (nSPS) is 12.1. The molecule has 1 aromatic heterocycles. The van der Waals surface area contributed by atoms with Crippen LogP contribution in [0.2, 0.25) is 0 Å². The first kappa shape index (κ1) is 13.9. The Hall–Kier alpha value is -1.14. The van der Waals surface area contributed by atoms with Crippen molar-refractivity contribution in [3.05, 3.63) is 16.6 Å². The van der Waals surface area contributed by atoms with E-state index in [0.717, 1.165) is 18.5 Å². The summed E-state index contributed by atoms with van der Waals surface area (Å²) in [5.74, 6) is 0. The van der Waals surface area contributed by atoms with Crippen molar-refractivity contribution in [2.45, 2.75) is 32.2 Å². The summed E-state index contributed by atoms with van der Waals surface area (Å²) in [5, 5.41) is 16.2. The number of hydrogen-bond acceptors (Lipinski definition) is 4. The van der Waals surface area contributed by atoms with Gasteiger partial charge in [0, 0.05) is 31.0 Å². The maximum Gasteiger partial charge on any atom is 0.315 e. The Labute approximate surface area is 105 Å². The van der Waals surface area contributed by atoms with Crippen LogP contribution >= 0.6 is 11.3 Å². The van der Waals surface area contributed by atoms with Crippen molar-refractivity contribution < 1.29 is 9.90 Å². The second kappa shape index (κ2) is 8.03. The van der Waals surface area contributed by atoms with Crippen molar-refractivity contribution in [2.75, 3.05) is 13.2 Å². The van der Waals surface area contributed by atoms with Gasteiger partial charge in [0.25, 0.3) is 0 Å². The third-order valence-electron chi connectivity index (χ3n) is 2.32. The van der Waals surface area contributed by atoms with Gasteiger partial charge in [-0.25, -0.2) is 9.78 Å². The summed E-state index contributed by atoms with van der Waals surface area (Å²) in [6, 6.07) is -0.0768. The molecule has 3 N–H and O–H groups in total. The standard InChI is InChI=1S/C11H19N3O2S/c1-9(3-2-6-15)14-11(16)12-5-4-10-7-17-8-13-10/h7-9,15H,2-6H2,1H3,(H2,12,14,16). The number of nitrogens with one attached hydrogen (secondary N) is 2. The van der Waals surface area contributed by atoms with Crippen molar-refractivity contribution in [3.63, 3.8) is 0 Å². The Bertz CT molecular complexity index is 317. The van der Waals surface area contributed by atoms with Crippen molar-refractivity contribution in [1.29, 1.82) is 0 Å². The first-order valence-corrected chi connectivity index (χ1v) is 6.69. The van der Waals surface area contributed by atoms with E-state index in [1.807, 2.05) is 12.3 Å². The molecule has 5 nitrogen and oxygen atoms in total. The molecule has 1 unspecified atom stereocenters. The summed E-state index contributed by atoms with van der Waals surface area (Å²) >= 11 is 1.56. The van der Waals surface area contributed by atoms with Crippen LogP contribution < -0.4 is 10.6 Å². The van der Waals surface area contributed by atoms with Crippen LogP contribution in [0, 0.1) is 0 Å². The molecule has 1 heterocycles. The zero-order valence-corrected chi connectivity index (χ0v) is 10.8. The Morgan fingerprint density at radius 2 is 2.47 bits per heavy atom. The fraction of sp³-hybridized carbons (Fsp3) is 0.636. The molecule has 1 aromatic rings. The van der Waals surface area contributed by atoms with E-state index >= 15 is 0 Å². The number of aromatic nitrogens is 1. The average Bonchev–Trinajstić information content (AvgIpc) is 2.79. The smallest absolute Gasteiger partial charge is 0.315 e. The summed E-state index contributed by atoms with van der Waals surface area (Å²) in [6.07, 6.45) is 2.25. The molecule has 0 radical (unpaired) electrons. The summed E-state index contributed by atoms with van der Waals surface area (Å²) < 4.78 is 0. The van der Waals surface area contributed by atoms with Crippen LogP contribution in [0.4, 0.5) is 4.79 Å². The fourth-order valence-electron chi connectivity index (χ4n) is 1.41. The van der Waals surface area contributed by atoms with E-state index in [1.165, 1.54) is 0 Å². The van der Waals surface area contributed by atoms with Gasteiger partial charge >= 0.3 is 6.03 Å². The van der Waals surface area contributed by atoms with Gasteiger partial charge in [0.2, 0.25) is 0 Å². The number of carbonyl (C=O) groups excluding carboxylic acids is 1. The number of hydrogen-bond donors (Lipinski definition) is 3. The monoisotopic (exact) mass is 257 g/mol. The first-order valence-electron chi connectivity index (χ1n) is 5.74. The Kier molecular flexibility index (Phi) is 6.57. The second-order valence-corrected chi connectivity index (χ2v) is 4.62. The lowest BCUT2D eigenvalue weighted by molar-refractivity contribution is 0.234. The summed E-state index contributed by atoms with van der Waals surface area (Å²) in [5.41, 5.74) is 2.79. The molecule has 96 valence electrons. The van der Waals surface area contributed by atoms with Crippen LogP contribution in [0.1, 0.15) is 25.5 Å². The number of amides is 2. The molecule has 0 saturated heterocycles. The molecular formula is C11H19N3O2S. The van der Waals surface area contributed by atoms with E-state index in [2.05, 4.69) is 15.6 Å². The average molecular weight is 257 g/mol. The Morgan fingerprint density at radius 3 is 3.12 bits per heavy atom. The fourth-order valence-corrected chi connectivity index (χ4v) is 2.00. The second-order valence-electron chi connectivity index (χ2n) is 3.90. The summed E-state index contributed by atoms with van der Waals surface area (Å²) in [6.45, 7) is 2.68. The number of aliphatic hydroxyl groups excluding tert-OH is 1. The quantitative estimate of drug-likeness (QED) is 0.686. The van der Waals surface area contributed by atoms with Crippen LogP contribution in [0.3, 0.4) is 0 Å². The highest BCUT2D eigenvalue weighted by molar-refractivity contribution is 7.07. The zero-order valence-electron chi connectivity index (χ0n) is 9.98. The van der Waals surface area contributed by atoms with Gasteiger partial charge in [0.1, 0.15) is 0 Å². The number of thiazole rings is 1. The number of nitrogens with zero attached hydrogens (tertiary/aromatic N) is 1. The van der Waals surface area contributed by atoms with E-state index in [-0.39, 0.29) is 18.7 Å². The van der Waals surface area contributed by atoms with Crippen LogP contribution in [0.15, 0.2) is 10.9 Å². The topological polar surface area (TPSA) is 74.2 Å². The van der Waals surface area contributed by atoms with Gasteiger partial charge in [-0.3, -0.25) is 0 Å². The first-order chi connectivity index (χ1) is 8.22. The molecule has 0 aromatic carbocycles. The molecule has 0 saturated carbocycles. The number of rotatable bonds is 7. The van der Waals surface area contributed by atoms with Crippen molar-refractivity contribution in [3.8, 4) is 0 Å². The third kappa shape index (κ3) is 6.23. The summed E-state index contributed by atoms with van der Waals surface area (Å²) in [4.78, 5) is 15.6. The number of aliphatic hydroxyl groups is 1. The molecule has 0 spiro atoms.